The lowest BCUT2D eigenvalue weighted by molar-refractivity contribution is -0.142. The van der Waals surface area contributed by atoms with Crippen LogP contribution in [0.15, 0.2) is 24.3 Å². The third-order valence-corrected chi connectivity index (χ3v) is 4.36. The summed E-state index contributed by atoms with van der Waals surface area (Å²) in [6, 6.07) is 7.28. The Hall–Kier alpha value is -2.45. The molecule has 0 bridgehead atoms. The van der Waals surface area contributed by atoms with Gasteiger partial charge in [-0.05, 0) is 19.4 Å². The van der Waals surface area contributed by atoms with Crippen LogP contribution in [0.3, 0.4) is 0 Å². The summed E-state index contributed by atoms with van der Waals surface area (Å²) in [5.41, 5.74) is 1.38. The molecule has 8 heteroatoms. The number of nitrogens with zero attached hydrogens (tertiary/aromatic N) is 2. The zero-order chi connectivity index (χ0) is 19.8. The van der Waals surface area contributed by atoms with Gasteiger partial charge in [0.15, 0.2) is 0 Å². The van der Waals surface area contributed by atoms with Gasteiger partial charge in [0.05, 0.1) is 18.4 Å². The standard InChI is InChI=1S/C19H26N2O6/c1-4-27-19(24)12-21-15-8-6-5-7-14(15)16(26-3)9-10-20(11-17(21)22)18(23)13-25-2/h5-8,16H,4,9-13H2,1-3H3. The van der Waals surface area contributed by atoms with Gasteiger partial charge >= 0.3 is 5.97 Å². The van der Waals surface area contributed by atoms with Crippen molar-refractivity contribution in [3.05, 3.63) is 29.8 Å². The van der Waals surface area contributed by atoms with Gasteiger partial charge < -0.3 is 19.1 Å². The number of esters is 1. The third kappa shape index (κ3) is 5.27. The van der Waals surface area contributed by atoms with Crippen LogP contribution < -0.4 is 4.90 Å². The zero-order valence-electron chi connectivity index (χ0n) is 16.0. The number of hydrogen-bond acceptors (Lipinski definition) is 6. The van der Waals surface area contributed by atoms with E-state index >= 15 is 0 Å². The van der Waals surface area contributed by atoms with Gasteiger partial charge in [-0.2, -0.15) is 0 Å². The molecule has 1 aromatic rings. The average Bonchev–Trinajstić information content (AvgIpc) is 2.71. The van der Waals surface area contributed by atoms with Gasteiger partial charge in [-0.25, -0.2) is 0 Å². The van der Waals surface area contributed by atoms with E-state index in [1.807, 2.05) is 12.1 Å². The van der Waals surface area contributed by atoms with Crippen LogP contribution in [0.5, 0.6) is 0 Å². The van der Waals surface area contributed by atoms with E-state index in [0.717, 1.165) is 5.56 Å². The molecule has 0 fully saturated rings. The van der Waals surface area contributed by atoms with Crippen LogP contribution >= 0.6 is 0 Å². The van der Waals surface area contributed by atoms with Crippen molar-refractivity contribution in [3.63, 3.8) is 0 Å². The lowest BCUT2D eigenvalue weighted by atomic mass is 10.0. The fraction of sp³-hybridized carbons (Fsp3) is 0.526. The molecule has 27 heavy (non-hydrogen) atoms. The van der Waals surface area contributed by atoms with E-state index < -0.39 is 5.97 Å². The van der Waals surface area contributed by atoms with Crippen LogP contribution in [-0.2, 0) is 28.6 Å². The van der Waals surface area contributed by atoms with Crippen LogP contribution in [0.25, 0.3) is 0 Å². The number of para-hydroxylation sites is 1. The van der Waals surface area contributed by atoms with E-state index in [9.17, 15) is 14.4 Å². The van der Waals surface area contributed by atoms with E-state index in [2.05, 4.69) is 0 Å². The monoisotopic (exact) mass is 378 g/mol. The first-order valence-electron chi connectivity index (χ1n) is 8.86. The summed E-state index contributed by atoms with van der Waals surface area (Å²) in [4.78, 5) is 40.2. The second kappa shape index (κ2) is 10.0. The molecule has 8 nitrogen and oxygen atoms in total. The number of methoxy groups -OCH3 is 2. The minimum Gasteiger partial charge on any atom is -0.465 e. The SMILES string of the molecule is CCOC(=O)CN1C(=O)CN(C(=O)COC)CCC(OC)c2ccccc21. The van der Waals surface area contributed by atoms with E-state index in [-0.39, 0.29) is 44.2 Å². The normalized spacial score (nSPS) is 17.6. The summed E-state index contributed by atoms with van der Waals surface area (Å²) >= 11 is 0. The Morgan fingerprint density at radius 2 is 1.96 bits per heavy atom. The third-order valence-electron chi connectivity index (χ3n) is 4.36. The van der Waals surface area contributed by atoms with E-state index in [1.54, 1.807) is 26.2 Å². The Balaban J connectivity index is 2.42. The molecule has 1 atom stereocenters. The van der Waals surface area contributed by atoms with Gasteiger partial charge in [-0.15, -0.1) is 0 Å². The minimum absolute atomic E-state index is 0.115. The highest BCUT2D eigenvalue weighted by Crippen LogP contribution is 2.32. The molecule has 0 aliphatic carbocycles. The zero-order valence-corrected chi connectivity index (χ0v) is 16.0. The van der Waals surface area contributed by atoms with Gasteiger partial charge in [0.2, 0.25) is 11.8 Å². The molecule has 0 N–H and O–H groups in total. The first-order valence-corrected chi connectivity index (χ1v) is 8.86. The van der Waals surface area contributed by atoms with Crippen molar-refractivity contribution in [1.82, 2.24) is 4.90 Å². The molecule has 1 aromatic carbocycles. The molecular weight excluding hydrogens is 352 g/mol. The summed E-state index contributed by atoms with van der Waals surface area (Å²) < 4.78 is 15.5. The Kier molecular flexibility index (Phi) is 7.75. The molecule has 0 saturated carbocycles. The molecule has 2 rings (SSSR count). The maximum Gasteiger partial charge on any atom is 0.326 e. The molecule has 1 unspecified atom stereocenters. The summed E-state index contributed by atoms with van der Waals surface area (Å²) in [7, 11) is 3.01. The second-order valence-electron chi connectivity index (χ2n) is 6.11. The summed E-state index contributed by atoms with van der Waals surface area (Å²) in [5.74, 6) is -1.16. The number of ether oxygens (including phenoxy) is 3. The molecule has 1 heterocycles. The van der Waals surface area contributed by atoms with Gasteiger partial charge in [0.1, 0.15) is 19.7 Å². The van der Waals surface area contributed by atoms with Crippen molar-refractivity contribution in [2.24, 2.45) is 0 Å². The van der Waals surface area contributed by atoms with Crippen molar-refractivity contribution in [2.45, 2.75) is 19.4 Å². The van der Waals surface area contributed by atoms with Gasteiger partial charge in [-0.1, -0.05) is 18.2 Å². The minimum atomic E-state index is -0.511. The first-order chi connectivity index (χ1) is 13.0. The molecule has 1 aliphatic heterocycles. The van der Waals surface area contributed by atoms with Crippen molar-refractivity contribution in [1.29, 1.82) is 0 Å². The summed E-state index contributed by atoms with van der Waals surface area (Å²) in [6.45, 7) is 1.78. The topological polar surface area (TPSA) is 85.4 Å². The van der Waals surface area contributed by atoms with E-state index in [4.69, 9.17) is 14.2 Å². The molecule has 148 valence electrons. The number of benzene rings is 1. The fourth-order valence-corrected chi connectivity index (χ4v) is 3.08. The smallest absolute Gasteiger partial charge is 0.326 e. The summed E-state index contributed by atoms with van der Waals surface area (Å²) in [6.07, 6.45) is 0.193. The van der Waals surface area contributed by atoms with Gasteiger partial charge in [-0.3, -0.25) is 19.3 Å². The first kappa shape index (κ1) is 20.9. The fourth-order valence-electron chi connectivity index (χ4n) is 3.08. The van der Waals surface area contributed by atoms with Crippen LogP contribution in [-0.4, -0.2) is 69.8 Å². The predicted molar refractivity (Wildman–Crippen MR) is 98.3 cm³/mol. The number of amides is 2. The van der Waals surface area contributed by atoms with Crippen LogP contribution in [0.4, 0.5) is 5.69 Å². The molecule has 0 aromatic heterocycles. The quantitative estimate of drug-likeness (QED) is 0.691. The Morgan fingerprint density at radius 1 is 1.22 bits per heavy atom. The number of carbonyl (C=O) groups is 3. The highest BCUT2D eigenvalue weighted by molar-refractivity contribution is 6.01. The van der Waals surface area contributed by atoms with Crippen LogP contribution in [0.2, 0.25) is 0 Å². The van der Waals surface area contributed by atoms with Crippen molar-refractivity contribution < 1.29 is 28.6 Å². The Bertz CT molecular complexity index is 678. The molecular formula is C19H26N2O6. The van der Waals surface area contributed by atoms with Crippen molar-refractivity contribution in [3.8, 4) is 0 Å². The van der Waals surface area contributed by atoms with Crippen LogP contribution in [0, 0.1) is 0 Å². The van der Waals surface area contributed by atoms with Crippen LogP contribution in [0.1, 0.15) is 25.0 Å². The summed E-state index contributed by atoms with van der Waals surface area (Å²) in [5, 5.41) is 0. The molecule has 0 spiro atoms. The Labute approximate surface area is 159 Å². The highest BCUT2D eigenvalue weighted by atomic mass is 16.5. The maximum absolute atomic E-state index is 13.0. The average molecular weight is 378 g/mol. The predicted octanol–water partition coefficient (Wildman–Crippen LogP) is 1.15. The van der Waals surface area contributed by atoms with E-state index in [0.29, 0.717) is 18.7 Å². The second-order valence-corrected chi connectivity index (χ2v) is 6.11. The molecule has 1 aliphatic rings. The molecule has 0 saturated heterocycles. The molecule has 2 amide bonds. The number of carbonyl (C=O) groups excluding carboxylic acids is 3. The van der Waals surface area contributed by atoms with Gasteiger partial charge in [0.25, 0.3) is 0 Å². The van der Waals surface area contributed by atoms with Crippen molar-refractivity contribution >= 4 is 23.5 Å². The molecule has 0 radical (unpaired) electrons. The number of anilines is 1. The number of rotatable bonds is 6. The lowest BCUT2D eigenvalue weighted by Gasteiger charge is -2.26. The maximum atomic E-state index is 13.0. The van der Waals surface area contributed by atoms with Gasteiger partial charge in [0, 0.05) is 26.3 Å². The number of fused-ring (bicyclic) bond motifs is 1. The Morgan fingerprint density at radius 3 is 2.63 bits per heavy atom. The lowest BCUT2D eigenvalue weighted by Crippen LogP contribution is -2.46. The number of hydrogen-bond donors (Lipinski definition) is 0. The highest BCUT2D eigenvalue weighted by Gasteiger charge is 2.30. The van der Waals surface area contributed by atoms with E-state index in [1.165, 1.54) is 16.9 Å². The van der Waals surface area contributed by atoms with Crippen molar-refractivity contribution in [2.75, 3.05) is 52.0 Å². The largest absolute Gasteiger partial charge is 0.465 e.